The smallest absolute Gasteiger partial charge is 0.246 e. The van der Waals surface area contributed by atoms with Crippen molar-refractivity contribution >= 4 is 34.2 Å². The zero-order valence-electron chi connectivity index (χ0n) is 6.82. The van der Waals surface area contributed by atoms with Crippen molar-refractivity contribution in [3.8, 4) is 0 Å². The van der Waals surface area contributed by atoms with Crippen LogP contribution in [0.1, 0.15) is 23.2 Å². The van der Waals surface area contributed by atoms with Crippen LogP contribution in [-0.4, -0.2) is 4.98 Å². The molecule has 72 valence electrons. The van der Waals surface area contributed by atoms with Gasteiger partial charge in [-0.05, 0) is 41.1 Å². The molecule has 0 aromatic carbocycles. The number of aryl methyl sites for hydroxylation is 1. The van der Waals surface area contributed by atoms with E-state index in [-0.39, 0.29) is 11.4 Å². The van der Waals surface area contributed by atoms with Crippen LogP contribution in [0.3, 0.4) is 0 Å². The molecule has 0 unspecified atom stereocenters. The van der Waals surface area contributed by atoms with Gasteiger partial charge in [-0.3, -0.25) is 0 Å². The minimum absolute atomic E-state index is 0.0400. The first kappa shape index (κ1) is 11.1. The summed E-state index contributed by atoms with van der Waals surface area (Å²) in [5.74, 6) is 0.218. The number of aromatic nitrogens is 1. The molecule has 0 radical (unpaired) electrons. The highest BCUT2D eigenvalue weighted by atomic mass is 127. The highest BCUT2D eigenvalue weighted by Gasteiger charge is 2.14. The number of halogens is 4. The van der Waals surface area contributed by atoms with Gasteiger partial charge in [-0.1, -0.05) is 0 Å². The average Bonchev–Trinajstić information content (AvgIpc) is 2.03. The van der Waals surface area contributed by atoms with E-state index < -0.39 is 6.43 Å². The quantitative estimate of drug-likeness (QED) is 0.461. The van der Waals surface area contributed by atoms with Crippen LogP contribution in [-0.2, 0) is 5.88 Å². The number of nitrogens with zero attached hydrogens (tertiary/aromatic N) is 1. The standard InChI is InChI=1S/C8H7ClF2IN/c1-4-5(3-9)2-6(7(10)11)8(12)13-4/h2,7H,3H2,1H3. The maximum Gasteiger partial charge on any atom is 0.266 e. The van der Waals surface area contributed by atoms with Gasteiger partial charge in [0.15, 0.2) is 0 Å². The molecule has 0 aliphatic heterocycles. The normalized spacial score (nSPS) is 10.9. The summed E-state index contributed by atoms with van der Waals surface area (Å²) in [6, 6.07) is 1.42. The molecule has 1 heterocycles. The first-order valence-electron chi connectivity index (χ1n) is 3.56. The summed E-state index contributed by atoms with van der Waals surface area (Å²) in [6.07, 6.45) is -2.48. The predicted octanol–water partition coefficient (Wildman–Crippen LogP) is 3.67. The molecule has 1 aromatic heterocycles. The Bertz CT molecular complexity index is 317. The molecule has 5 heteroatoms. The van der Waals surface area contributed by atoms with E-state index in [2.05, 4.69) is 4.98 Å². The van der Waals surface area contributed by atoms with E-state index in [4.69, 9.17) is 11.6 Å². The molecule has 13 heavy (non-hydrogen) atoms. The van der Waals surface area contributed by atoms with Crippen molar-refractivity contribution in [3.05, 3.63) is 26.6 Å². The number of hydrogen-bond donors (Lipinski definition) is 0. The van der Waals surface area contributed by atoms with Gasteiger partial charge in [0.2, 0.25) is 0 Å². The SMILES string of the molecule is Cc1nc(I)c(C(F)F)cc1CCl. The van der Waals surface area contributed by atoms with Crippen LogP contribution in [0.15, 0.2) is 6.07 Å². The summed E-state index contributed by atoms with van der Waals surface area (Å²) in [7, 11) is 0. The Balaban J connectivity index is 3.22. The Labute approximate surface area is 93.6 Å². The van der Waals surface area contributed by atoms with Gasteiger partial charge < -0.3 is 0 Å². The van der Waals surface area contributed by atoms with Crippen molar-refractivity contribution in [1.29, 1.82) is 0 Å². The van der Waals surface area contributed by atoms with Gasteiger partial charge in [-0.15, -0.1) is 11.6 Å². The van der Waals surface area contributed by atoms with Crippen LogP contribution in [0.4, 0.5) is 8.78 Å². The third kappa shape index (κ3) is 2.49. The van der Waals surface area contributed by atoms with Crippen molar-refractivity contribution in [3.63, 3.8) is 0 Å². The molecule has 0 fully saturated rings. The second-order valence-corrected chi connectivity index (χ2v) is 3.84. The van der Waals surface area contributed by atoms with Crippen molar-refractivity contribution in [1.82, 2.24) is 4.98 Å². The van der Waals surface area contributed by atoms with Crippen LogP contribution >= 0.6 is 34.2 Å². The molecular formula is C8H7ClF2IN. The van der Waals surface area contributed by atoms with E-state index in [9.17, 15) is 8.78 Å². The van der Waals surface area contributed by atoms with E-state index in [1.165, 1.54) is 6.07 Å². The summed E-state index contributed by atoms with van der Waals surface area (Å²) < 4.78 is 25.1. The lowest BCUT2D eigenvalue weighted by atomic mass is 10.2. The Morgan fingerprint density at radius 3 is 2.69 bits per heavy atom. The number of rotatable bonds is 2. The fraction of sp³-hybridized carbons (Fsp3) is 0.375. The van der Waals surface area contributed by atoms with Crippen LogP contribution in [0.25, 0.3) is 0 Å². The minimum Gasteiger partial charge on any atom is -0.246 e. The summed E-state index contributed by atoms with van der Waals surface area (Å²) in [6.45, 7) is 1.76. The van der Waals surface area contributed by atoms with Crippen LogP contribution in [0, 0.1) is 10.6 Å². The summed E-state index contributed by atoms with van der Waals surface area (Å²) in [5, 5.41) is 0. The Morgan fingerprint density at radius 2 is 2.23 bits per heavy atom. The molecule has 0 atom stereocenters. The van der Waals surface area contributed by atoms with Crippen molar-refractivity contribution in [2.75, 3.05) is 0 Å². The van der Waals surface area contributed by atoms with E-state index >= 15 is 0 Å². The Kier molecular flexibility index (Phi) is 3.85. The third-order valence-electron chi connectivity index (χ3n) is 1.68. The second kappa shape index (κ2) is 4.50. The molecule has 0 aliphatic rings. The molecule has 0 saturated carbocycles. The fourth-order valence-corrected chi connectivity index (χ4v) is 1.95. The molecule has 0 aliphatic carbocycles. The monoisotopic (exact) mass is 317 g/mol. The number of hydrogen-bond acceptors (Lipinski definition) is 1. The zero-order chi connectivity index (χ0) is 10.0. The minimum atomic E-state index is -2.48. The molecule has 1 aromatic rings. The van der Waals surface area contributed by atoms with Gasteiger partial charge in [0.05, 0.1) is 0 Å². The highest BCUT2D eigenvalue weighted by Crippen LogP contribution is 2.25. The van der Waals surface area contributed by atoms with Gasteiger partial charge in [-0.2, -0.15) is 0 Å². The van der Waals surface area contributed by atoms with Crippen molar-refractivity contribution in [2.24, 2.45) is 0 Å². The van der Waals surface area contributed by atoms with Gasteiger partial charge in [0.1, 0.15) is 3.70 Å². The first-order valence-corrected chi connectivity index (χ1v) is 5.17. The third-order valence-corrected chi connectivity index (χ3v) is 2.83. The maximum absolute atomic E-state index is 12.4. The number of alkyl halides is 3. The van der Waals surface area contributed by atoms with Gasteiger partial charge in [0, 0.05) is 17.1 Å². The van der Waals surface area contributed by atoms with E-state index in [0.717, 1.165) is 0 Å². The van der Waals surface area contributed by atoms with Crippen LogP contribution < -0.4 is 0 Å². The van der Waals surface area contributed by atoms with Crippen molar-refractivity contribution in [2.45, 2.75) is 19.2 Å². The Hall–Kier alpha value is 0.0300. The van der Waals surface area contributed by atoms with E-state index in [1.54, 1.807) is 29.5 Å². The summed E-state index contributed by atoms with van der Waals surface area (Å²) >= 11 is 7.37. The molecule has 1 rings (SSSR count). The average molecular weight is 318 g/mol. The zero-order valence-corrected chi connectivity index (χ0v) is 9.73. The highest BCUT2D eigenvalue weighted by molar-refractivity contribution is 14.1. The van der Waals surface area contributed by atoms with Crippen LogP contribution in [0.5, 0.6) is 0 Å². The summed E-state index contributed by atoms with van der Waals surface area (Å²) in [5.41, 5.74) is 1.34. The first-order chi connectivity index (χ1) is 6.06. The summed E-state index contributed by atoms with van der Waals surface area (Å²) in [4.78, 5) is 3.99. The molecule has 0 N–H and O–H groups in total. The predicted molar refractivity (Wildman–Crippen MR) is 56.2 cm³/mol. The number of pyridine rings is 1. The Morgan fingerprint density at radius 1 is 1.62 bits per heavy atom. The second-order valence-electron chi connectivity index (χ2n) is 2.55. The van der Waals surface area contributed by atoms with E-state index in [1.807, 2.05) is 0 Å². The molecule has 0 spiro atoms. The van der Waals surface area contributed by atoms with Gasteiger partial charge >= 0.3 is 0 Å². The van der Waals surface area contributed by atoms with Gasteiger partial charge in [-0.25, -0.2) is 13.8 Å². The lowest BCUT2D eigenvalue weighted by molar-refractivity contribution is 0.149. The largest absolute Gasteiger partial charge is 0.266 e. The topological polar surface area (TPSA) is 12.9 Å². The maximum atomic E-state index is 12.4. The molecule has 1 nitrogen and oxygen atoms in total. The molecule has 0 saturated heterocycles. The van der Waals surface area contributed by atoms with E-state index in [0.29, 0.717) is 15.0 Å². The molecular weight excluding hydrogens is 310 g/mol. The molecule has 0 bridgehead atoms. The lowest BCUT2D eigenvalue weighted by Gasteiger charge is -2.07. The lowest BCUT2D eigenvalue weighted by Crippen LogP contribution is -1.99. The fourth-order valence-electron chi connectivity index (χ4n) is 0.924. The van der Waals surface area contributed by atoms with Crippen molar-refractivity contribution < 1.29 is 8.78 Å². The molecule has 0 amide bonds. The van der Waals surface area contributed by atoms with Crippen LogP contribution in [0.2, 0.25) is 0 Å². The van der Waals surface area contributed by atoms with Gasteiger partial charge in [0.25, 0.3) is 6.43 Å².